The molecule has 3 aromatic rings. The first kappa shape index (κ1) is 11.9. The van der Waals surface area contributed by atoms with Crippen LogP contribution < -0.4 is 0 Å². The molecular weight excluding hydrogens is 234 g/mol. The normalized spacial score (nSPS) is 12.5. The number of aromatic nitrogens is 1. The van der Waals surface area contributed by atoms with Crippen molar-refractivity contribution in [3.63, 3.8) is 0 Å². The molecule has 1 heterocycles. The first-order valence-electron chi connectivity index (χ1n) is 6.37. The number of fused-ring (bicyclic) bond motifs is 1. The number of rotatable bonds is 2. The number of aliphatic hydroxyl groups is 1. The van der Waals surface area contributed by atoms with Gasteiger partial charge in [-0.05, 0) is 30.2 Å². The van der Waals surface area contributed by atoms with Gasteiger partial charge in [0.2, 0.25) is 0 Å². The Morgan fingerprint density at radius 3 is 2.42 bits per heavy atom. The minimum absolute atomic E-state index is 0.427. The Labute approximate surface area is 112 Å². The first-order valence-corrected chi connectivity index (χ1v) is 6.37. The molecule has 1 aromatic heterocycles. The third-order valence-corrected chi connectivity index (χ3v) is 3.32. The Balaban J connectivity index is 2.03. The summed E-state index contributed by atoms with van der Waals surface area (Å²) >= 11 is 0. The van der Waals surface area contributed by atoms with Crippen molar-refractivity contribution >= 4 is 10.9 Å². The van der Waals surface area contributed by atoms with Crippen molar-refractivity contribution in [1.82, 2.24) is 4.98 Å². The van der Waals surface area contributed by atoms with E-state index in [9.17, 15) is 5.11 Å². The van der Waals surface area contributed by atoms with Crippen molar-refractivity contribution in [3.05, 3.63) is 66.4 Å². The summed E-state index contributed by atoms with van der Waals surface area (Å²) in [5.74, 6) is 0. The molecule has 0 spiro atoms. The molecule has 2 nitrogen and oxygen atoms in total. The highest BCUT2D eigenvalue weighted by Crippen LogP contribution is 2.24. The molecule has 0 saturated heterocycles. The third-order valence-electron chi connectivity index (χ3n) is 3.32. The Hall–Kier alpha value is -2.19. The molecule has 1 atom stereocenters. The topological polar surface area (TPSA) is 33.1 Å². The highest BCUT2D eigenvalue weighted by Gasteiger charge is 2.03. The zero-order valence-electron chi connectivity index (χ0n) is 10.7. The molecular formula is C17H15NO. The van der Waals surface area contributed by atoms with Crippen LogP contribution in [0.4, 0.5) is 0 Å². The molecule has 3 rings (SSSR count). The highest BCUT2D eigenvalue weighted by molar-refractivity contribution is 5.83. The van der Waals surface area contributed by atoms with Gasteiger partial charge < -0.3 is 5.11 Å². The van der Waals surface area contributed by atoms with E-state index >= 15 is 0 Å². The SMILES string of the molecule is C[C@H](O)c1ccc(-c2cnc3ccccc3c2)cc1. The van der Waals surface area contributed by atoms with E-state index in [0.717, 1.165) is 27.6 Å². The molecule has 0 aliphatic heterocycles. The van der Waals surface area contributed by atoms with Gasteiger partial charge in [0.15, 0.2) is 0 Å². The van der Waals surface area contributed by atoms with E-state index < -0.39 is 6.10 Å². The monoisotopic (exact) mass is 249 g/mol. The van der Waals surface area contributed by atoms with E-state index in [1.165, 1.54) is 0 Å². The number of nitrogens with zero attached hydrogens (tertiary/aromatic N) is 1. The molecule has 19 heavy (non-hydrogen) atoms. The largest absolute Gasteiger partial charge is 0.389 e. The average molecular weight is 249 g/mol. The predicted molar refractivity (Wildman–Crippen MR) is 77.8 cm³/mol. The molecule has 0 unspecified atom stereocenters. The average Bonchev–Trinajstić information content (AvgIpc) is 2.47. The molecule has 0 aliphatic rings. The molecule has 94 valence electrons. The summed E-state index contributed by atoms with van der Waals surface area (Å²) in [7, 11) is 0. The maximum atomic E-state index is 9.51. The minimum Gasteiger partial charge on any atom is -0.389 e. The predicted octanol–water partition coefficient (Wildman–Crippen LogP) is 3.96. The van der Waals surface area contributed by atoms with Crippen LogP contribution in [0.1, 0.15) is 18.6 Å². The Kier molecular flexibility index (Phi) is 3.02. The molecule has 1 N–H and O–H groups in total. The van der Waals surface area contributed by atoms with Crippen LogP contribution in [0.25, 0.3) is 22.0 Å². The highest BCUT2D eigenvalue weighted by atomic mass is 16.3. The molecule has 0 saturated carbocycles. The standard InChI is InChI=1S/C17H15NO/c1-12(19)13-6-8-14(9-7-13)16-10-15-4-2-3-5-17(15)18-11-16/h2-12,19H,1H3/t12-/m0/s1. The van der Waals surface area contributed by atoms with Gasteiger partial charge in [0.25, 0.3) is 0 Å². The van der Waals surface area contributed by atoms with Crippen molar-refractivity contribution in [2.75, 3.05) is 0 Å². The summed E-state index contributed by atoms with van der Waals surface area (Å²) in [6, 6.07) is 18.2. The van der Waals surface area contributed by atoms with Crippen molar-refractivity contribution in [1.29, 1.82) is 0 Å². The lowest BCUT2D eigenvalue weighted by molar-refractivity contribution is 0.199. The Morgan fingerprint density at radius 2 is 1.68 bits per heavy atom. The van der Waals surface area contributed by atoms with Gasteiger partial charge in [0.05, 0.1) is 11.6 Å². The molecule has 0 bridgehead atoms. The van der Waals surface area contributed by atoms with Gasteiger partial charge >= 0.3 is 0 Å². The maximum Gasteiger partial charge on any atom is 0.0761 e. The molecule has 0 aliphatic carbocycles. The van der Waals surface area contributed by atoms with E-state index in [2.05, 4.69) is 17.1 Å². The summed E-state index contributed by atoms with van der Waals surface area (Å²) in [6.07, 6.45) is 1.46. The number of hydrogen-bond acceptors (Lipinski definition) is 2. The maximum absolute atomic E-state index is 9.51. The fraction of sp³-hybridized carbons (Fsp3) is 0.118. The fourth-order valence-electron chi connectivity index (χ4n) is 2.18. The van der Waals surface area contributed by atoms with Gasteiger partial charge in [-0.3, -0.25) is 4.98 Å². The molecule has 2 heteroatoms. The lowest BCUT2D eigenvalue weighted by Gasteiger charge is -2.07. The van der Waals surface area contributed by atoms with E-state index in [4.69, 9.17) is 0 Å². The van der Waals surface area contributed by atoms with Crippen molar-refractivity contribution < 1.29 is 5.11 Å². The second-order valence-electron chi connectivity index (χ2n) is 4.71. The second kappa shape index (κ2) is 4.82. The van der Waals surface area contributed by atoms with Gasteiger partial charge in [0, 0.05) is 17.1 Å². The summed E-state index contributed by atoms with van der Waals surface area (Å²) in [5, 5.41) is 10.7. The smallest absolute Gasteiger partial charge is 0.0761 e. The van der Waals surface area contributed by atoms with Crippen LogP contribution in [0.3, 0.4) is 0 Å². The molecule has 0 amide bonds. The minimum atomic E-state index is -0.427. The summed E-state index contributed by atoms with van der Waals surface area (Å²) in [4.78, 5) is 4.47. The van der Waals surface area contributed by atoms with E-state index in [-0.39, 0.29) is 0 Å². The van der Waals surface area contributed by atoms with Gasteiger partial charge in [-0.25, -0.2) is 0 Å². The van der Waals surface area contributed by atoms with Crippen LogP contribution in [-0.2, 0) is 0 Å². The van der Waals surface area contributed by atoms with Crippen molar-refractivity contribution in [2.45, 2.75) is 13.0 Å². The summed E-state index contributed by atoms with van der Waals surface area (Å²) in [5.41, 5.74) is 4.14. The lowest BCUT2D eigenvalue weighted by Crippen LogP contribution is -1.90. The van der Waals surface area contributed by atoms with E-state index in [1.54, 1.807) is 6.92 Å². The molecule has 0 fully saturated rings. The lowest BCUT2D eigenvalue weighted by atomic mass is 10.0. The zero-order valence-corrected chi connectivity index (χ0v) is 10.7. The Morgan fingerprint density at radius 1 is 0.947 bits per heavy atom. The zero-order chi connectivity index (χ0) is 13.2. The van der Waals surface area contributed by atoms with Crippen LogP contribution in [0.5, 0.6) is 0 Å². The van der Waals surface area contributed by atoms with Crippen LogP contribution in [0.15, 0.2) is 60.8 Å². The van der Waals surface area contributed by atoms with Crippen molar-refractivity contribution in [3.8, 4) is 11.1 Å². The van der Waals surface area contributed by atoms with Gasteiger partial charge in [-0.15, -0.1) is 0 Å². The third kappa shape index (κ3) is 2.35. The quantitative estimate of drug-likeness (QED) is 0.745. The first-order chi connectivity index (χ1) is 9.24. The van der Waals surface area contributed by atoms with Crippen LogP contribution in [0.2, 0.25) is 0 Å². The summed E-state index contributed by atoms with van der Waals surface area (Å²) in [6.45, 7) is 1.77. The van der Waals surface area contributed by atoms with Crippen LogP contribution in [-0.4, -0.2) is 10.1 Å². The van der Waals surface area contributed by atoms with Crippen molar-refractivity contribution in [2.24, 2.45) is 0 Å². The molecule has 0 radical (unpaired) electrons. The number of para-hydroxylation sites is 1. The Bertz CT molecular complexity index is 702. The second-order valence-corrected chi connectivity index (χ2v) is 4.71. The van der Waals surface area contributed by atoms with Gasteiger partial charge in [-0.1, -0.05) is 42.5 Å². The number of aliphatic hydroxyl groups excluding tert-OH is 1. The van der Waals surface area contributed by atoms with Crippen LogP contribution >= 0.6 is 0 Å². The van der Waals surface area contributed by atoms with Crippen LogP contribution in [0, 0.1) is 0 Å². The number of hydrogen-bond donors (Lipinski definition) is 1. The molecule has 2 aromatic carbocycles. The van der Waals surface area contributed by atoms with E-state index in [0.29, 0.717) is 0 Å². The number of pyridine rings is 1. The van der Waals surface area contributed by atoms with Gasteiger partial charge in [0.1, 0.15) is 0 Å². The van der Waals surface area contributed by atoms with E-state index in [1.807, 2.05) is 48.7 Å². The summed E-state index contributed by atoms with van der Waals surface area (Å²) < 4.78 is 0. The number of benzene rings is 2. The fourth-order valence-corrected chi connectivity index (χ4v) is 2.18. The van der Waals surface area contributed by atoms with Gasteiger partial charge in [-0.2, -0.15) is 0 Å².